The second-order valence-electron chi connectivity index (χ2n) is 6.41. The van der Waals surface area contributed by atoms with Gasteiger partial charge in [0.15, 0.2) is 0 Å². The molecule has 1 saturated heterocycles. The fourth-order valence-corrected chi connectivity index (χ4v) is 3.06. The minimum Gasteiger partial charge on any atom is -0.407 e. The number of alkyl halides is 3. The van der Waals surface area contributed by atoms with E-state index >= 15 is 0 Å². The van der Waals surface area contributed by atoms with Crippen LogP contribution in [0, 0.1) is 5.82 Å². The average molecular weight is 448 g/mol. The first-order valence-corrected chi connectivity index (χ1v) is 8.85. The van der Waals surface area contributed by atoms with Gasteiger partial charge in [-0.2, -0.15) is 13.2 Å². The Hall–Kier alpha value is -2.92. The van der Waals surface area contributed by atoms with Gasteiger partial charge in [-0.25, -0.2) is 14.2 Å². The zero-order valence-corrected chi connectivity index (χ0v) is 15.8. The fourth-order valence-electron chi connectivity index (χ4n) is 2.81. The third kappa shape index (κ3) is 4.79. The van der Waals surface area contributed by atoms with E-state index in [9.17, 15) is 32.3 Å². The van der Waals surface area contributed by atoms with Crippen molar-refractivity contribution in [3.63, 3.8) is 0 Å². The summed E-state index contributed by atoms with van der Waals surface area (Å²) < 4.78 is 55.9. The van der Waals surface area contributed by atoms with Gasteiger partial charge in [0.25, 0.3) is 11.7 Å². The van der Waals surface area contributed by atoms with Gasteiger partial charge in [0.2, 0.25) is 0 Å². The normalized spacial score (nSPS) is 19.1. The zero-order chi connectivity index (χ0) is 22.1. The highest BCUT2D eigenvalue weighted by Gasteiger charge is 2.49. The molecule has 1 atom stereocenters. The quantitative estimate of drug-likeness (QED) is 0.554. The van der Waals surface area contributed by atoms with E-state index in [0.29, 0.717) is 11.6 Å². The molecule has 30 heavy (non-hydrogen) atoms. The Morgan fingerprint density at radius 3 is 2.67 bits per heavy atom. The van der Waals surface area contributed by atoms with E-state index < -0.39 is 35.5 Å². The lowest BCUT2D eigenvalue weighted by molar-refractivity contribution is -0.175. The van der Waals surface area contributed by atoms with Gasteiger partial charge < -0.3 is 20.1 Å². The zero-order valence-electron chi connectivity index (χ0n) is 15.0. The van der Waals surface area contributed by atoms with Gasteiger partial charge in [-0.3, -0.25) is 4.79 Å². The number of aliphatic hydroxyl groups is 1. The predicted octanol–water partition coefficient (Wildman–Crippen LogP) is 3.24. The van der Waals surface area contributed by atoms with Crippen LogP contribution < -0.4 is 10.2 Å². The molecule has 160 valence electrons. The molecular formula is C18H14ClF4N3O4. The first-order valence-electron chi connectivity index (χ1n) is 8.47. The van der Waals surface area contributed by atoms with Crippen LogP contribution in [0.5, 0.6) is 0 Å². The van der Waals surface area contributed by atoms with Crippen LogP contribution in [-0.4, -0.2) is 34.4 Å². The van der Waals surface area contributed by atoms with Crippen LogP contribution in [0.2, 0.25) is 5.02 Å². The number of hydrogen-bond donors (Lipinski definition) is 2. The molecule has 1 aromatic heterocycles. The number of alkyl carbamates (subject to hydrolysis) is 1. The summed E-state index contributed by atoms with van der Waals surface area (Å²) in [5.41, 5.74) is -0.817. The van der Waals surface area contributed by atoms with Gasteiger partial charge in [0, 0.05) is 24.5 Å². The number of hydrogen-bond acceptors (Lipinski definition) is 5. The lowest BCUT2D eigenvalue weighted by Gasteiger charge is -2.22. The Bertz CT molecular complexity index is 951. The van der Waals surface area contributed by atoms with Crippen molar-refractivity contribution in [1.82, 2.24) is 10.3 Å². The smallest absolute Gasteiger partial charge is 0.407 e. The van der Waals surface area contributed by atoms with Crippen LogP contribution in [0.1, 0.15) is 17.7 Å². The average Bonchev–Trinajstić information content (AvgIpc) is 2.93. The summed E-state index contributed by atoms with van der Waals surface area (Å²) in [5, 5.41) is 12.7. The van der Waals surface area contributed by atoms with E-state index in [1.165, 1.54) is 6.07 Å². The topological polar surface area (TPSA) is 91.8 Å². The highest BCUT2D eigenvalue weighted by molar-refractivity contribution is 6.30. The Morgan fingerprint density at radius 1 is 1.33 bits per heavy atom. The van der Waals surface area contributed by atoms with E-state index in [2.05, 4.69) is 10.3 Å². The minimum atomic E-state index is -4.64. The van der Waals surface area contributed by atoms with E-state index in [4.69, 9.17) is 16.3 Å². The maximum atomic E-state index is 13.3. The lowest BCUT2D eigenvalue weighted by Crippen LogP contribution is -2.46. The molecule has 0 spiro atoms. The van der Waals surface area contributed by atoms with E-state index in [1.54, 1.807) is 0 Å². The third-order valence-corrected chi connectivity index (χ3v) is 4.44. The molecule has 0 unspecified atom stereocenters. The number of rotatable bonds is 4. The maximum Gasteiger partial charge on any atom is 0.433 e. The van der Waals surface area contributed by atoms with Crippen LogP contribution in [0.4, 0.5) is 28.0 Å². The summed E-state index contributed by atoms with van der Waals surface area (Å²) >= 11 is 5.71. The van der Waals surface area contributed by atoms with Crippen LogP contribution in [0.15, 0.2) is 36.5 Å². The van der Waals surface area contributed by atoms with E-state index in [1.807, 2.05) is 0 Å². The number of halogens is 5. The lowest BCUT2D eigenvalue weighted by atomic mass is 10.2. The summed E-state index contributed by atoms with van der Waals surface area (Å²) in [6, 6.07) is 5.32. The van der Waals surface area contributed by atoms with Gasteiger partial charge in [0.05, 0.1) is 11.9 Å². The van der Waals surface area contributed by atoms with Crippen molar-refractivity contribution in [3.05, 3.63) is 58.6 Å². The molecule has 0 saturated carbocycles. The van der Waals surface area contributed by atoms with Crippen molar-refractivity contribution < 1.29 is 37.0 Å². The van der Waals surface area contributed by atoms with Crippen LogP contribution in [0.25, 0.3) is 0 Å². The standard InChI is InChI=1S/C18H14ClF4N3O4/c19-11-5-10(6-12(20)7-11)8-25-16(28)30-17(29)3-4-26(15(17)27)13-1-2-14(24-9-13)18(21,22)23/h1-2,5-7,9,29H,3-4,8H2,(H,25,28)/t17-/m1/s1. The largest absolute Gasteiger partial charge is 0.433 e. The van der Waals surface area contributed by atoms with Crippen molar-refractivity contribution >= 4 is 29.3 Å². The molecule has 0 bridgehead atoms. The number of carbonyl (C=O) groups excluding carboxylic acids is 2. The third-order valence-electron chi connectivity index (χ3n) is 4.22. The summed E-state index contributed by atoms with van der Waals surface area (Å²) in [6.45, 7) is -0.303. The molecule has 2 N–H and O–H groups in total. The first-order chi connectivity index (χ1) is 14.0. The van der Waals surface area contributed by atoms with Crippen LogP contribution >= 0.6 is 11.6 Å². The second-order valence-corrected chi connectivity index (χ2v) is 6.85. The Labute approximate surface area is 172 Å². The Balaban J connectivity index is 1.62. The summed E-state index contributed by atoms with van der Waals surface area (Å²) in [4.78, 5) is 28.6. The van der Waals surface area contributed by atoms with Gasteiger partial charge in [-0.15, -0.1) is 0 Å². The highest BCUT2D eigenvalue weighted by Crippen LogP contribution is 2.32. The number of anilines is 1. The number of benzene rings is 1. The van der Waals surface area contributed by atoms with Crippen LogP contribution in [-0.2, 0) is 22.3 Å². The van der Waals surface area contributed by atoms with Crippen molar-refractivity contribution in [1.29, 1.82) is 0 Å². The van der Waals surface area contributed by atoms with E-state index in [0.717, 1.165) is 29.3 Å². The van der Waals surface area contributed by atoms with Crippen molar-refractivity contribution in [2.45, 2.75) is 24.9 Å². The molecule has 12 heteroatoms. The van der Waals surface area contributed by atoms with Crippen molar-refractivity contribution in [2.24, 2.45) is 0 Å². The SMILES string of the molecule is O=C(NCc1cc(F)cc(Cl)c1)O[C@]1(O)CCN(c2ccc(C(F)(F)F)nc2)C1=O. The predicted molar refractivity (Wildman–Crippen MR) is 95.9 cm³/mol. The first kappa shape index (κ1) is 21.8. The second kappa shape index (κ2) is 8.07. The number of carbonyl (C=O) groups is 2. The molecule has 1 fully saturated rings. The monoisotopic (exact) mass is 447 g/mol. The molecule has 2 heterocycles. The molecular weight excluding hydrogens is 434 g/mol. The van der Waals surface area contributed by atoms with Gasteiger partial charge in [0.1, 0.15) is 11.5 Å². The summed E-state index contributed by atoms with van der Waals surface area (Å²) in [7, 11) is 0. The van der Waals surface area contributed by atoms with Gasteiger partial charge >= 0.3 is 12.3 Å². The van der Waals surface area contributed by atoms with Gasteiger partial charge in [-0.05, 0) is 35.9 Å². The molecule has 2 aromatic rings. The summed E-state index contributed by atoms with van der Waals surface area (Å²) in [6.07, 6.45) is -5.27. The Kier molecular flexibility index (Phi) is 5.86. The molecule has 0 radical (unpaired) electrons. The molecule has 2 amide bonds. The van der Waals surface area contributed by atoms with Crippen molar-refractivity contribution in [3.8, 4) is 0 Å². The molecule has 3 rings (SSSR count). The van der Waals surface area contributed by atoms with Gasteiger partial charge in [-0.1, -0.05) is 11.6 Å². The number of pyridine rings is 1. The number of ether oxygens (including phenoxy) is 1. The minimum absolute atomic E-state index is 0.00216. The molecule has 7 nitrogen and oxygen atoms in total. The molecule has 1 aliphatic heterocycles. The Morgan fingerprint density at radius 2 is 2.07 bits per heavy atom. The number of aromatic nitrogens is 1. The molecule has 0 aliphatic carbocycles. The molecule has 1 aliphatic rings. The number of nitrogens with one attached hydrogen (secondary N) is 1. The summed E-state index contributed by atoms with van der Waals surface area (Å²) in [5.74, 6) is -4.15. The number of amides is 2. The van der Waals surface area contributed by atoms with E-state index in [-0.39, 0.29) is 30.2 Å². The maximum absolute atomic E-state index is 13.3. The fraction of sp³-hybridized carbons (Fsp3) is 0.278. The molecule has 1 aromatic carbocycles. The van der Waals surface area contributed by atoms with Crippen LogP contribution in [0.3, 0.4) is 0 Å². The highest BCUT2D eigenvalue weighted by atomic mass is 35.5. The number of nitrogens with zero attached hydrogens (tertiary/aromatic N) is 2. The van der Waals surface area contributed by atoms with Crippen molar-refractivity contribution in [2.75, 3.05) is 11.4 Å².